The van der Waals surface area contributed by atoms with Crippen molar-refractivity contribution in [2.75, 3.05) is 5.33 Å². The second kappa shape index (κ2) is 6.39. The van der Waals surface area contributed by atoms with Gasteiger partial charge in [0, 0.05) is 11.4 Å². The van der Waals surface area contributed by atoms with Crippen LogP contribution >= 0.6 is 15.9 Å². The first-order chi connectivity index (χ1) is 10.1. The van der Waals surface area contributed by atoms with E-state index in [0.29, 0.717) is 10.8 Å². The fourth-order valence-corrected chi connectivity index (χ4v) is 5.69. The summed E-state index contributed by atoms with van der Waals surface area (Å²) in [6.07, 6.45) is 7.58. The number of hydrogen-bond acceptors (Lipinski definition) is 2. The molecule has 1 aromatic rings. The Morgan fingerprint density at radius 3 is 2.67 bits per heavy atom. The van der Waals surface area contributed by atoms with E-state index in [0.717, 1.165) is 43.9 Å². The van der Waals surface area contributed by atoms with Crippen molar-refractivity contribution in [3.8, 4) is 0 Å². The van der Waals surface area contributed by atoms with Gasteiger partial charge in [-0.15, -0.1) is 0 Å². The lowest BCUT2D eigenvalue weighted by molar-refractivity contribution is 0.316. The second-order valence-electron chi connectivity index (χ2n) is 6.21. The summed E-state index contributed by atoms with van der Waals surface area (Å²) in [5.41, 5.74) is 2.52. The summed E-state index contributed by atoms with van der Waals surface area (Å²) in [7, 11) is -3.40. The Labute approximate surface area is 135 Å². The van der Waals surface area contributed by atoms with Crippen molar-refractivity contribution in [2.24, 2.45) is 5.92 Å². The van der Waals surface area contributed by atoms with Gasteiger partial charge in [-0.25, -0.2) is 13.1 Å². The zero-order valence-corrected chi connectivity index (χ0v) is 14.5. The summed E-state index contributed by atoms with van der Waals surface area (Å²) >= 11 is 3.52. The number of aryl methyl sites for hydroxylation is 2. The van der Waals surface area contributed by atoms with Gasteiger partial charge < -0.3 is 0 Å². The largest absolute Gasteiger partial charge is 0.240 e. The molecule has 0 heterocycles. The SMILES string of the molecule is O=S(=O)(NC1CCCCC1CBr)c1ccc2c(c1)CCC2. The third-order valence-corrected chi connectivity index (χ3v) is 7.11. The van der Waals surface area contributed by atoms with Gasteiger partial charge in [-0.1, -0.05) is 34.8 Å². The smallest absolute Gasteiger partial charge is 0.208 e. The number of benzene rings is 1. The van der Waals surface area contributed by atoms with Crippen molar-refractivity contribution < 1.29 is 8.42 Å². The van der Waals surface area contributed by atoms with E-state index < -0.39 is 10.0 Å². The molecule has 0 amide bonds. The predicted molar refractivity (Wildman–Crippen MR) is 88.3 cm³/mol. The lowest BCUT2D eigenvalue weighted by Crippen LogP contribution is -2.42. The van der Waals surface area contributed by atoms with Crippen LogP contribution in [0.15, 0.2) is 23.1 Å². The van der Waals surface area contributed by atoms with Gasteiger partial charge in [0.1, 0.15) is 0 Å². The van der Waals surface area contributed by atoms with Crippen LogP contribution in [-0.2, 0) is 22.9 Å². The van der Waals surface area contributed by atoms with Gasteiger partial charge in [0.25, 0.3) is 0 Å². The van der Waals surface area contributed by atoms with E-state index in [2.05, 4.69) is 20.7 Å². The first kappa shape index (κ1) is 15.5. The van der Waals surface area contributed by atoms with Crippen molar-refractivity contribution in [1.29, 1.82) is 0 Å². The van der Waals surface area contributed by atoms with E-state index in [1.807, 2.05) is 12.1 Å². The third kappa shape index (κ3) is 3.35. The fourth-order valence-electron chi connectivity index (χ4n) is 3.53. The molecule has 1 N–H and O–H groups in total. The molecule has 2 unspecified atom stereocenters. The molecule has 1 aromatic carbocycles. The number of nitrogens with one attached hydrogen (secondary N) is 1. The van der Waals surface area contributed by atoms with E-state index in [1.165, 1.54) is 17.5 Å². The monoisotopic (exact) mass is 371 g/mol. The van der Waals surface area contributed by atoms with E-state index in [9.17, 15) is 8.42 Å². The lowest BCUT2D eigenvalue weighted by atomic mass is 9.87. The molecular formula is C16H22BrNO2S. The molecule has 2 aliphatic rings. The molecule has 0 aromatic heterocycles. The van der Waals surface area contributed by atoms with Crippen molar-refractivity contribution in [1.82, 2.24) is 4.72 Å². The Kier molecular flexibility index (Phi) is 4.71. The normalized spacial score (nSPS) is 25.8. The molecule has 0 radical (unpaired) electrons. The molecule has 1 fully saturated rings. The van der Waals surface area contributed by atoms with Crippen LogP contribution in [0.5, 0.6) is 0 Å². The van der Waals surface area contributed by atoms with Crippen molar-refractivity contribution >= 4 is 26.0 Å². The third-order valence-electron chi connectivity index (χ3n) is 4.79. The minimum absolute atomic E-state index is 0.0661. The highest BCUT2D eigenvalue weighted by Crippen LogP contribution is 2.28. The van der Waals surface area contributed by atoms with E-state index in [1.54, 1.807) is 6.07 Å². The molecule has 0 bridgehead atoms. The van der Waals surface area contributed by atoms with Crippen LogP contribution in [0.3, 0.4) is 0 Å². The zero-order valence-electron chi connectivity index (χ0n) is 12.1. The number of hydrogen-bond donors (Lipinski definition) is 1. The summed E-state index contributed by atoms with van der Waals surface area (Å²) in [6, 6.07) is 5.69. The average molecular weight is 372 g/mol. The Hall–Kier alpha value is -0.390. The molecule has 3 rings (SSSR count). The van der Waals surface area contributed by atoms with Crippen LogP contribution in [0.25, 0.3) is 0 Å². The fraction of sp³-hybridized carbons (Fsp3) is 0.625. The predicted octanol–water partition coefficient (Wildman–Crippen LogP) is 3.41. The summed E-state index contributed by atoms with van der Waals surface area (Å²) in [4.78, 5) is 0.432. The molecular weight excluding hydrogens is 350 g/mol. The molecule has 2 aliphatic carbocycles. The average Bonchev–Trinajstić information content (AvgIpc) is 2.95. The molecule has 5 heteroatoms. The molecule has 0 aliphatic heterocycles. The minimum Gasteiger partial charge on any atom is -0.208 e. The number of rotatable bonds is 4. The summed E-state index contributed by atoms with van der Waals surface area (Å²) < 4.78 is 28.2. The zero-order chi connectivity index (χ0) is 14.9. The highest BCUT2D eigenvalue weighted by molar-refractivity contribution is 9.09. The summed E-state index contributed by atoms with van der Waals surface area (Å²) in [5.74, 6) is 0.406. The molecule has 21 heavy (non-hydrogen) atoms. The second-order valence-corrected chi connectivity index (χ2v) is 8.57. The van der Waals surface area contributed by atoms with Gasteiger partial charge >= 0.3 is 0 Å². The lowest BCUT2D eigenvalue weighted by Gasteiger charge is -2.30. The standard InChI is InChI=1S/C16H22BrNO2S/c17-11-14-4-1-2-7-16(14)18-21(19,20)15-9-8-12-5-3-6-13(12)10-15/h8-10,14,16,18H,1-7,11H2. The molecule has 3 nitrogen and oxygen atoms in total. The van der Waals surface area contributed by atoms with Gasteiger partial charge in [-0.2, -0.15) is 0 Å². The minimum atomic E-state index is -3.40. The van der Waals surface area contributed by atoms with E-state index >= 15 is 0 Å². The van der Waals surface area contributed by atoms with Crippen LogP contribution in [0, 0.1) is 5.92 Å². The number of alkyl halides is 1. The van der Waals surface area contributed by atoms with E-state index in [4.69, 9.17) is 0 Å². The molecule has 0 saturated heterocycles. The maximum Gasteiger partial charge on any atom is 0.240 e. The highest BCUT2D eigenvalue weighted by atomic mass is 79.9. The Bertz CT molecular complexity index is 615. The first-order valence-electron chi connectivity index (χ1n) is 7.80. The maximum absolute atomic E-state index is 12.6. The van der Waals surface area contributed by atoms with Gasteiger partial charge in [-0.05, 0) is 61.3 Å². The van der Waals surface area contributed by atoms with E-state index in [-0.39, 0.29) is 6.04 Å². The molecule has 2 atom stereocenters. The van der Waals surface area contributed by atoms with Gasteiger partial charge in [0.05, 0.1) is 4.90 Å². The van der Waals surface area contributed by atoms with Crippen LogP contribution in [-0.4, -0.2) is 19.8 Å². The topological polar surface area (TPSA) is 46.2 Å². The van der Waals surface area contributed by atoms with Crippen molar-refractivity contribution in [2.45, 2.75) is 55.9 Å². The Morgan fingerprint density at radius 2 is 1.86 bits per heavy atom. The summed E-state index contributed by atoms with van der Waals surface area (Å²) in [6.45, 7) is 0. The maximum atomic E-state index is 12.6. The number of sulfonamides is 1. The van der Waals surface area contributed by atoms with Crippen LogP contribution < -0.4 is 4.72 Å². The molecule has 116 valence electrons. The van der Waals surface area contributed by atoms with Crippen LogP contribution in [0.1, 0.15) is 43.2 Å². The first-order valence-corrected chi connectivity index (χ1v) is 10.4. The van der Waals surface area contributed by atoms with Gasteiger partial charge in [0.2, 0.25) is 10.0 Å². The van der Waals surface area contributed by atoms with Crippen LogP contribution in [0.2, 0.25) is 0 Å². The van der Waals surface area contributed by atoms with Gasteiger partial charge in [0.15, 0.2) is 0 Å². The Balaban J connectivity index is 1.80. The quantitative estimate of drug-likeness (QED) is 0.824. The highest BCUT2D eigenvalue weighted by Gasteiger charge is 2.29. The van der Waals surface area contributed by atoms with Gasteiger partial charge in [-0.3, -0.25) is 0 Å². The van der Waals surface area contributed by atoms with Crippen LogP contribution in [0.4, 0.5) is 0 Å². The Morgan fingerprint density at radius 1 is 1.10 bits per heavy atom. The van der Waals surface area contributed by atoms with Crippen molar-refractivity contribution in [3.63, 3.8) is 0 Å². The van der Waals surface area contributed by atoms with Crippen molar-refractivity contribution in [3.05, 3.63) is 29.3 Å². The molecule has 1 saturated carbocycles. The number of halogens is 1. The summed E-state index contributed by atoms with van der Waals surface area (Å²) in [5, 5.41) is 0.865. The number of fused-ring (bicyclic) bond motifs is 1. The molecule has 0 spiro atoms.